The average Bonchev–Trinajstić information content (AvgIpc) is 3.48. The number of thioether (sulfide) groups is 1. The zero-order valence-electron chi connectivity index (χ0n) is 17.6. The fourth-order valence-electron chi connectivity index (χ4n) is 3.77. The van der Waals surface area contributed by atoms with E-state index in [9.17, 15) is 18.4 Å². The Hall–Kier alpha value is -3.21. The first-order valence-electron chi connectivity index (χ1n) is 10.5. The lowest BCUT2D eigenvalue weighted by atomic mass is 9.95. The molecule has 0 radical (unpaired) electrons. The van der Waals surface area contributed by atoms with Crippen LogP contribution in [0, 0.1) is 0 Å². The van der Waals surface area contributed by atoms with Gasteiger partial charge in [0.25, 0.3) is 5.91 Å². The summed E-state index contributed by atoms with van der Waals surface area (Å²) >= 11 is 1.19. The molecular weight excluding hydrogens is 454 g/mol. The fraction of sp³-hybridized carbons (Fsp3) is 0.364. The highest BCUT2D eigenvalue weighted by molar-refractivity contribution is 7.99. The first-order chi connectivity index (χ1) is 16.0. The van der Waals surface area contributed by atoms with E-state index in [0.717, 1.165) is 25.7 Å². The molecule has 2 amide bonds. The van der Waals surface area contributed by atoms with E-state index in [1.165, 1.54) is 42.4 Å². The lowest BCUT2D eigenvalue weighted by Crippen LogP contribution is -2.32. The van der Waals surface area contributed by atoms with E-state index >= 15 is 0 Å². The number of furan rings is 1. The molecule has 0 aliphatic heterocycles. The number of benzene rings is 1. The lowest BCUT2D eigenvalue weighted by Gasteiger charge is -2.25. The smallest absolute Gasteiger partial charge is 0.387 e. The normalized spacial score (nSPS) is 14.4. The molecule has 0 bridgehead atoms. The van der Waals surface area contributed by atoms with Gasteiger partial charge in [-0.25, -0.2) is 0 Å². The molecule has 1 fully saturated rings. The Morgan fingerprint density at radius 3 is 2.58 bits per heavy atom. The predicted molar refractivity (Wildman–Crippen MR) is 116 cm³/mol. The van der Waals surface area contributed by atoms with Crippen LogP contribution in [-0.2, 0) is 4.79 Å². The number of alkyl halides is 2. The Kier molecular flexibility index (Phi) is 7.38. The highest BCUT2D eigenvalue weighted by atomic mass is 32.2. The van der Waals surface area contributed by atoms with Crippen LogP contribution in [0.3, 0.4) is 0 Å². The summed E-state index contributed by atoms with van der Waals surface area (Å²) in [6.07, 6.45) is 6.98. The third-order valence-corrected chi connectivity index (χ3v) is 6.22. The third-order valence-electron chi connectivity index (χ3n) is 5.27. The molecule has 174 valence electrons. The molecular formula is C22H22F2N4O4S. The van der Waals surface area contributed by atoms with Gasteiger partial charge in [-0.3, -0.25) is 19.5 Å². The van der Waals surface area contributed by atoms with Crippen molar-refractivity contribution in [2.45, 2.75) is 49.9 Å². The molecule has 0 unspecified atom stereocenters. The number of aromatic nitrogens is 3. The number of rotatable bonds is 8. The molecule has 11 heteroatoms. The summed E-state index contributed by atoms with van der Waals surface area (Å²) in [5.74, 6) is -0.0139. The molecule has 1 aliphatic rings. The van der Waals surface area contributed by atoms with Crippen molar-refractivity contribution in [3.05, 3.63) is 48.2 Å². The number of halogens is 2. The highest BCUT2D eigenvalue weighted by Crippen LogP contribution is 2.35. The van der Waals surface area contributed by atoms with Crippen molar-refractivity contribution in [1.82, 2.24) is 20.1 Å². The summed E-state index contributed by atoms with van der Waals surface area (Å²) in [6, 6.07) is 8.92. The molecule has 4 rings (SSSR count). The molecule has 1 aromatic carbocycles. The Bertz CT molecular complexity index is 1080. The van der Waals surface area contributed by atoms with E-state index in [2.05, 4.69) is 20.3 Å². The van der Waals surface area contributed by atoms with Crippen LogP contribution in [0.25, 0.3) is 11.6 Å². The lowest BCUT2D eigenvalue weighted by molar-refractivity contribution is -0.117. The standard InChI is InChI=1S/C22H22F2N4O4S/c23-21(24)32-16-10-8-14(9-11-16)20(30)25-18(29)13-33-22-27-26-19(17-7-4-12-31-17)28(22)15-5-2-1-3-6-15/h4,7-12,15,21H,1-3,5-6,13H2,(H,25,29,30). The Morgan fingerprint density at radius 1 is 1.15 bits per heavy atom. The van der Waals surface area contributed by atoms with Gasteiger partial charge in [0, 0.05) is 11.6 Å². The zero-order valence-corrected chi connectivity index (χ0v) is 18.4. The summed E-state index contributed by atoms with van der Waals surface area (Å²) in [7, 11) is 0. The van der Waals surface area contributed by atoms with Crippen LogP contribution in [0.2, 0.25) is 0 Å². The molecule has 0 saturated heterocycles. The van der Waals surface area contributed by atoms with Gasteiger partial charge >= 0.3 is 6.61 Å². The first kappa shape index (κ1) is 23.0. The molecule has 33 heavy (non-hydrogen) atoms. The van der Waals surface area contributed by atoms with E-state index in [4.69, 9.17) is 4.42 Å². The summed E-state index contributed by atoms with van der Waals surface area (Å²) in [5.41, 5.74) is 0.153. The number of hydrogen-bond acceptors (Lipinski definition) is 7. The van der Waals surface area contributed by atoms with Gasteiger partial charge in [-0.2, -0.15) is 8.78 Å². The molecule has 2 heterocycles. The SMILES string of the molecule is O=C(CSc1nnc(-c2ccco2)n1C1CCCCC1)NC(=O)c1ccc(OC(F)F)cc1. The number of nitrogens with zero attached hydrogens (tertiary/aromatic N) is 3. The van der Waals surface area contributed by atoms with Crippen LogP contribution in [0.5, 0.6) is 5.75 Å². The van der Waals surface area contributed by atoms with E-state index in [-0.39, 0.29) is 23.1 Å². The van der Waals surface area contributed by atoms with Crippen molar-refractivity contribution in [2.24, 2.45) is 0 Å². The molecule has 8 nitrogen and oxygen atoms in total. The second-order valence-corrected chi connectivity index (χ2v) is 8.46. The van der Waals surface area contributed by atoms with E-state index in [1.807, 2.05) is 10.6 Å². The molecule has 2 aromatic heterocycles. The van der Waals surface area contributed by atoms with Crippen molar-refractivity contribution in [1.29, 1.82) is 0 Å². The summed E-state index contributed by atoms with van der Waals surface area (Å²) in [5, 5.41) is 11.4. The van der Waals surface area contributed by atoms with Crippen molar-refractivity contribution in [2.75, 3.05) is 5.75 Å². The van der Waals surface area contributed by atoms with Crippen molar-refractivity contribution in [3.63, 3.8) is 0 Å². The monoisotopic (exact) mass is 476 g/mol. The van der Waals surface area contributed by atoms with Gasteiger partial charge in [0.15, 0.2) is 10.9 Å². The average molecular weight is 477 g/mol. The molecule has 1 N–H and O–H groups in total. The molecule has 3 aromatic rings. The van der Waals surface area contributed by atoms with Gasteiger partial charge in [-0.1, -0.05) is 31.0 Å². The number of nitrogens with one attached hydrogen (secondary N) is 1. The van der Waals surface area contributed by atoms with Crippen molar-refractivity contribution < 1.29 is 27.5 Å². The highest BCUT2D eigenvalue weighted by Gasteiger charge is 2.25. The Labute approximate surface area is 192 Å². The number of ether oxygens (including phenoxy) is 1. The second-order valence-electron chi connectivity index (χ2n) is 7.51. The van der Waals surface area contributed by atoms with Crippen LogP contribution in [0.4, 0.5) is 8.78 Å². The van der Waals surface area contributed by atoms with E-state index in [1.54, 1.807) is 12.3 Å². The number of amides is 2. The zero-order chi connectivity index (χ0) is 23.2. The molecule has 1 saturated carbocycles. The minimum absolute atomic E-state index is 0.0404. The first-order valence-corrected chi connectivity index (χ1v) is 11.5. The number of carbonyl (C=O) groups is 2. The maximum atomic E-state index is 12.4. The minimum atomic E-state index is -2.95. The molecule has 1 aliphatic carbocycles. The fourth-order valence-corrected chi connectivity index (χ4v) is 4.58. The van der Waals surface area contributed by atoms with Gasteiger partial charge in [0.1, 0.15) is 5.75 Å². The largest absolute Gasteiger partial charge is 0.461 e. The maximum absolute atomic E-state index is 12.4. The second kappa shape index (κ2) is 10.6. The Morgan fingerprint density at radius 2 is 1.91 bits per heavy atom. The van der Waals surface area contributed by atoms with Crippen LogP contribution in [-0.4, -0.2) is 38.9 Å². The van der Waals surface area contributed by atoms with Gasteiger partial charge in [0.05, 0.1) is 12.0 Å². The van der Waals surface area contributed by atoms with Crippen LogP contribution in [0.1, 0.15) is 48.5 Å². The minimum Gasteiger partial charge on any atom is -0.461 e. The van der Waals surface area contributed by atoms with Gasteiger partial charge < -0.3 is 9.15 Å². The van der Waals surface area contributed by atoms with E-state index < -0.39 is 18.4 Å². The van der Waals surface area contributed by atoms with Crippen LogP contribution < -0.4 is 10.1 Å². The molecule has 0 atom stereocenters. The maximum Gasteiger partial charge on any atom is 0.387 e. The number of imide groups is 1. The number of hydrogen-bond donors (Lipinski definition) is 1. The van der Waals surface area contributed by atoms with Gasteiger partial charge in [-0.05, 0) is 49.2 Å². The predicted octanol–water partition coefficient (Wildman–Crippen LogP) is 4.69. The Balaban J connectivity index is 1.40. The quantitative estimate of drug-likeness (QED) is 0.471. The van der Waals surface area contributed by atoms with Crippen LogP contribution >= 0.6 is 11.8 Å². The number of carbonyl (C=O) groups excluding carboxylic acids is 2. The van der Waals surface area contributed by atoms with Crippen molar-refractivity contribution >= 4 is 23.6 Å². The molecule has 0 spiro atoms. The van der Waals surface area contributed by atoms with E-state index in [0.29, 0.717) is 16.7 Å². The third kappa shape index (κ3) is 5.78. The summed E-state index contributed by atoms with van der Waals surface area (Å²) in [6.45, 7) is -2.95. The van der Waals surface area contributed by atoms with Gasteiger partial charge in [0.2, 0.25) is 11.7 Å². The van der Waals surface area contributed by atoms with Crippen LogP contribution in [0.15, 0.2) is 52.2 Å². The topological polar surface area (TPSA) is 99.3 Å². The van der Waals surface area contributed by atoms with Crippen molar-refractivity contribution in [3.8, 4) is 17.3 Å². The summed E-state index contributed by atoms with van der Waals surface area (Å²) in [4.78, 5) is 24.7. The summed E-state index contributed by atoms with van der Waals surface area (Å²) < 4.78 is 36.3. The van der Waals surface area contributed by atoms with Gasteiger partial charge in [-0.15, -0.1) is 10.2 Å².